The maximum absolute atomic E-state index is 13.4. The molecule has 0 spiro atoms. The van der Waals surface area contributed by atoms with E-state index in [1.54, 1.807) is 0 Å². The van der Waals surface area contributed by atoms with Crippen molar-refractivity contribution in [1.29, 1.82) is 0 Å². The Balaban J connectivity index is 3.22. The highest BCUT2D eigenvalue weighted by atomic mass is 32.2. The van der Waals surface area contributed by atoms with E-state index in [0.29, 0.717) is 12.1 Å². The zero-order valence-electron chi connectivity index (χ0n) is 9.86. The van der Waals surface area contributed by atoms with Crippen molar-refractivity contribution in [2.45, 2.75) is 11.1 Å². The van der Waals surface area contributed by atoms with Crippen LogP contribution in [0.15, 0.2) is 23.1 Å². The summed E-state index contributed by atoms with van der Waals surface area (Å²) >= 11 is 0. The van der Waals surface area contributed by atoms with Gasteiger partial charge in [0.2, 0.25) is 10.0 Å². The highest BCUT2D eigenvalue weighted by Gasteiger charge is 2.37. The summed E-state index contributed by atoms with van der Waals surface area (Å²) in [5, 5.41) is 8.63. The lowest BCUT2D eigenvalue weighted by molar-refractivity contribution is -0.136. The Morgan fingerprint density at radius 2 is 1.80 bits per heavy atom. The minimum atomic E-state index is -4.86. The predicted molar refractivity (Wildman–Crippen MR) is 58.3 cm³/mol. The van der Waals surface area contributed by atoms with Gasteiger partial charge < -0.3 is 5.11 Å². The zero-order chi connectivity index (χ0) is 15.6. The molecule has 0 amide bonds. The number of aliphatic hydroxyl groups excluding tert-OH is 1. The van der Waals surface area contributed by atoms with Gasteiger partial charge in [0.25, 0.3) is 0 Å². The molecule has 1 aromatic carbocycles. The second kappa shape index (κ2) is 6.02. The number of nitrogens with zero attached hydrogens (tertiary/aromatic N) is 1. The average Bonchev–Trinajstić information content (AvgIpc) is 2.26. The van der Waals surface area contributed by atoms with E-state index in [1.165, 1.54) is 0 Å². The SMILES string of the molecule is O=S(=O)(c1ccc(F)cc1F)N(CCO)CC(F)(F)F. The van der Waals surface area contributed by atoms with Gasteiger partial charge in [-0.15, -0.1) is 0 Å². The molecule has 0 fully saturated rings. The van der Waals surface area contributed by atoms with Crippen LogP contribution in [0.25, 0.3) is 0 Å². The minimum Gasteiger partial charge on any atom is -0.395 e. The van der Waals surface area contributed by atoms with Crippen LogP contribution in [-0.4, -0.2) is 43.7 Å². The Hall–Kier alpha value is -1.26. The van der Waals surface area contributed by atoms with E-state index >= 15 is 0 Å². The lowest BCUT2D eigenvalue weighted by Crippen LogP contribution is -2.40. The first-order chi connectivity index (χ1) is 9.08. The fraction of sp³-hybridized carbons (Fsp3) is 0.400. The number of aliphatic hydroxyl groups is 1. The number of hydrogen-bond acceptors (Lipinski definition) is 3. The summed E-state index contributed by atoms with van der Waals surface area (Å²) < 4.78 is 86.6. The topological polar surface area (TPSA) is 57.6 Å². The standard InChI is InChI=1S/C10H10F5NO3S/c11-7-1-2-9(8(12)5-7)20(18,19)16(3-4-17)6-10(13,14)15/h1-2,5,17H,3-4,6H2. The number of rotatable bonds is 5. The molecule has 0 aliphatic carbocycles. The molecule has 0 heterocycles. The van der Waals surface area contributed by atoms with Crippen molar-refractivity contribution >= 4 is 10.0 Å². The molecule has 0 unspecified atom stereocenters. The van der Waals surface area contributed by atoms with Gasteiger partial charge in [-0.25, -0.2) is 17.2 Å². The molecule has 10 heteroatoms. The minimum absolute atomic E-state index is 0.122. The third-order valence-corrected chi connectivity index (χ3v) is 4.10. The summed E-state index contributed by atoms with van der Waals surface area (Å²) in [5.41, 5.74) is 0. The number of sulfonamides is 1. The zero-order valence-corrected chi connectivity index (χ0v) is 10.7. The second-order valence-electron chi connectivity index (χ2n) is 3.75. The van der Waals surface area contributed by atoms with Gasteiger partial charge >= 0.3 is 6.18 Å². The van der Waals surface area contributed by atoms with Gasteiger partial charge in [-0.2, -0.15) is 17.5 Å². The maximum atomic E-state index is 13.4. The number of benzene rings is 1. The molecule has 0 atom stereocenters. The third kappa shape index (κ3) is 4.12. The van der Waals surface area contributed by atoms with E-state index in [2.05, 4.69) is 0 Å². The molecule has 1 aromatic rings. The molecular formula is C10H10F5NO3S. The van der Waals surface area contributed by atoms with Crippen LogP contribution in [0.3, 0.4) is 0 Å². The van der Waals surface area contributed by atoms with E-state index in [4.69, 9.17) is 5.11 Å². The van der Waals surface area contributed by atoms with E-state index in [-0.39, 0.29) is 10.4 Å². The quantitative estimate of drug-likeness (QED) is 0.837. The Morgan fingerprint density at radius 3 is 2.25 bits per heavy atom. The Kier molecular flexibility index (Phi) is 5.05. The van der Waals surface area contributed by atoms with Gasteiger partial charge in [0.05, 0.1) is 6.61 Å². The van der Waals surface area contributed by atoms with Crippen molar-refractivity contribution in [1.82, 2.24) is 4.31 Å². The molecule has 0 aliphatic rings. The normalized spacial score (nSPS) is 12.9. The van der Waals surface area contributed by atoms with Crippen LogP contribution in [0.2, 0.25) is 0 Å². The Morgan fingerprint density at radius 1 is 1.20 bits per heavy atom. The predicted octanol–water partition coefficient (Wildman–Crippen LogP) is 1.51. The first kappa shape index (κ1) is 16.8. The molecule has 0 aliphatic heterocycles. The van der Waals surface area contributed by atoms with Crippen LogP contribution in [0.4, 0.5) is 22.0 Å². The van der Waals surface area contributed by atoms with E-state index < -0.39 is 52.4 Å². The largest absolute Gasteiger partial charge is 0.402 e. The fourth-order valence-corrected chi connectivity index (χ4v) is 2.88. The van der Waals surface area contributed by atoms with Crippen molar-refractivity contribution in [2.24, 2.45) is 0 Å². The third-order valence-electron chi connectivity index (χ3n) is 2.22. The lowest BCUT2D eigenvalue weighted by atomic mass is 10.3. The fourth-order valence-electron chi connectivity index (χ4n) is 1.42. The van der Waals surface area contributed by atoms with Gasteiger partial charge in [0, 0.05) is 12.6 Å². The Labute approximate surface area is 111 Å². The molecule has 0 saturated carbocycles. The summed E-state index contributed by atoms with van der Waals surface area (Å²) in [6, 6.07) is 1.39. The molecule has 0 saturated heterocycles. The summed E-state index contributed by atoms with van der Waals surface area (Å²) in [6.07, 6.45) is -4.86. The van der Waals surface area contributed by atoms with Crippen LogP contribution in [0.1, 0.15) is 0 Å². The Bertz CT molecular complexity index is 573. The summed E-state index contributed by atoms with van der Waals surface area (Å²) in [5.74, 6) is -2.57. The van der Waals surface area contributed by atoms with Crippen LogP contribution < -0.4 is 0 Å². The molecule has 4 nitrogen and oxygen atoms in total. The monoisotopic (exact) mass is 319 g/mol. The van der Waals surface area contributed by atoms with Crippen molar-refractivity contribution in [3.63, 3.8) is 0 Å². The summed E-state index contributed by atoms with van der Waals surface area (Å²) in [4.78, 5) is -1.09. The van der Waals surface area contributed by atoms with E-state index in [9.17, 15) is 30.4 Å². The molecule has 0 aromatic heterocycles. The van der Waals surface area contributed by atoms with Crippen LogP contribution in [0, 0.1) is 11.6 Å². The van der Waals surface area contributed by atoms with Crippen molar-refractivity contribution in [3.8, 4) is 0 Å². The van der Waals surface area contributed by atoms with Gasteiger partial charge in [-0.1, -0.05) is 0 Å². The molecule has 20 heavy (non-hydrogen) atoms. The highest BCUT2D eigenvalue weighted by molar-refractivity contribution is 7.89. The smallest absolute Gasteiger partial charge is 0.395 e. The van der Waals surface area contributed by atoms with Gasteiger partial charge in [0.15, 0.2) is 0 Å². The summed E-state index contributed by atoms with van der Waals surface area (Å²) in [7, 11) is -4.83. The van der Waals surface area contributed by atoms with E-state index in [1.807, 2.05) is 0 Å². The summed E-state index contributed by atoms with van der Waals surface area (Å²) in [6.45, 7) is -3.62. The molecule has 0 radical (unpaired) electrons. The average molecular weight is 319 g/mol. The molecule has 0 bridgehead atoms. The van der Waals surface area contributed by atoms with Gasteiger partial charge in [-0.05, 0) is 12.1 Å². The first-order valence-corrected chi connectivity index (χ1v) is 6.65. The lowest BCUT2D eigenvalue weighted by Gasteiger charge is -2.22. The number of alkyl halides is 3. The van der Waals surface area contributed by atoms with Crippen LogP contribution >= 0.6 is 0 Å². The number of hydrogen-bond donors (Lipinski definition) is 1. The second-order valence-corrected chi connectivity index (χ2v) is 5.66. The van der Waals surface area contributed by atoms with Gasteiger partial charge in [0.1, 0.15) is 23.1 Å². The van der Waals surface area contributed by atoms with Crippen molar-refractivity contribution in [2.75, 3.05) is 19.7 Å². The molecule has 1 rings (SSSR count). The van der Waals surface area contributed by atoms with Crippen LogP contribution in [0.5, 0.6) is 0 Å². The molecular weight excluding hydrogens is 309 g/mol. The molecule has 114 valence electrons. The van der Waals surface area contributed by atoms with E-state index in [0.717, 1.165) is 0 Å². The van der Waals surface area contributed by atoms with Crippen molar-refractivity contribution in [3.05, 3.63) is 29.8 Å². The van der Waals surface area contributed by atoms with Crippen LogP contribution in [-0.2, 0) is 10.0 Å². The van der Waals surface area contributed by atoms with Crippen molar-refractivity contribution < 1.29 is 35.5 Å². The highest BCUT2D eigenvalue weighted by Crippen LogP contribution is 2.24. The number of halogens is 5. The first-order valence-electron chi connectivity index (χ1n) is 5.21. The van der Waals surface area contributed by atoms with Gasteiger partial charge in [-0.3, -0.25) is 0 Å². The maximum Gasteiger partial charge on any atom is 0.402 e. The molecule has 1 N–H and O–H groups in total.